The van der Waals surface area contributed by atoms with Crippen molar-refractivity contribution >= 4 is 24.0 Å². The van der Waals surface area contributed by atoms with Gasteiger partial charge in [-0.15, -0.1) is 0 Å². The molecule has 0 bridgehead atoms. The van der Waals surface area contributed by atoms with E-state index in [9.17, 15) is 22.8 Å². The fourth-order valence-corrected chi connectivity index (χ4v) is 1.88. The van der Waals surface area contributed by atoms with Crippen LogP contribution in [-0.4, -0.2) is 22.9 Å². The Morgan fingerprint density at radius 3 is 2.44 bits per heavy atom. The monoisotopic (exact) mass is 275 g/mol. The zero-order valence-corrected chi connectivity index (χ0v) is 9.30. The van der Waals surface area contributed by atoms with Gasteiger partial charge >= 0.3 is 11.5 Å². The fraction of sp³-hybridized carbons (Fsp3) is 0.100. The number of thioether (sulfide) groups is 1. The quantitative estimate of drug-likeness (QED) is 0.677. The van der Waals surface area contributed by atoms with Crippen LogP contribution in [0.3, 0.4) is 0 Å². The number of hydrogen-bond acceptors (Lipinski definition) is 4. The number of halogens is 3. The maximum atomic E-state index is 12.2. The molecule has 0 atom stereocenters. The van der Waals surface area contributed by atoms with E-state index in [-0.39, 0.29) is 6.29 Å². The number of hydrogen-bond donors (Lipinski definition) is 1. The molecule has 4 nitrogen and oxygen atoms in total. The van der Waals surface area contributed by atoms with Gasteiger partial charge in [-0.25, -0.2) is 4.79 Å². The Bertz CT molecular complexity index is 549. The number of benzene rings is 1. The minimum absolute atomic E-state index is 0.0407. The van der Waals surface area contributed by atoms with Crippen LogP contribution in [0.15, 0.2) is 17.0 Å². The van der Waals surface area contributed by atoms with Crippen LogP contribution in [0.1, 0.15) is 26.3 Å². The molecule has 0 aliphatic heterocycles. The fourth-order valence-electron chi connectivity index (χ4n) is 1.23. The molecule has 18 heavy (non-hydrogen) atoms. The molecule has 1 aromatic rings. The second kappa shape index (κ2) is 5.10. The van der Waals surface area contributed by atoms with Crippen LogP contribution < -0.4 is 0 Å². The van der Waals surface area contributed by atoms with E-state index in [1.807, 2.05) is 0 Å². The Hall–Kier alpha value is -2.01. The molecule has 0 radical (unpaired) electrons. The number of carboxylic acids is 1. The second-order valence-electron chi connectivity index (χ2n) is 2.98. The van der Waals surface area contributed by atoms with Crippen LogP contribution in [0, 0.1) is 11.3 Å². The first-order chi connectivity index (χ1) is 8.30. The second-order valence-corrected chi connectivity index (χ2v) is 4.09. The molecule has 0 saturated carbocycles. The van der Waals surface area contributed by atoms with E-state index < -0.39 is 44.8 Å². The van der Waals surface area contributed by atoms with Crippen molar-refractivity contribution in [1.29, 1.82) is 5.26 Å². The minimum atomic E-state index is -4.63. The summed E-state index contributed by atoms with van der Waals surface area (Å²) in [7, 11) is 0. The van der Waals surface area contributed by atoms with Crippen molar-refractivity contribution in [2.75, 3.05) is 0 Å². The number of aldehydes is 1. The molecule has 1 aromatic carbocycles. The number of carbonyl (C=O) groups is 2. The third-order valence-electron chi connectivity index (χ3n) is 1.89. The number of rotatable bonds is 3. The molecule has 0 aliphatic rings. The summed E-state index contributed by atoms with van der Waals surface area (Å²) in [6.07, 6.45) is 0.0407. The van der Waals surface area contributed by atoms with Gasteiger partial charge in [0, 0.05) is 10.5 Å². The van der Waals surface area contributed by atoms with E-state index >= 15 is 0 Å². The van der Waals surface area contributed by atoms with E-state index in [0.717, 1.165) is 12.1 Å². The van der Waals surface area contributed by atoms with Gasteiger partial charge in [-0.1, -0.05) is 0 Å². The first-order valence-corrected chi connectivity index (χ1v) is 5.13. The molecule has 94 valence electrons. The highest BCUT2D eigenvalue weighted by Gasteiger charge is 2.31. The van der Waals surface area contributed by atoms with Crippen LogP contribution in [0.2, 0.25) is 0 Å². The normalized spacial score (nSPS) is 10.8. The summed E-state index contributed by atoms with van der Waals surface area (Å²) < 4.78 is 36.6. The van der Waals surface area contributed by atoms with Crippen molar-refractivity contribution in [2.45, 2.75) is 10.4 Å². The molecule has 0 saturated heterocycles. The van der Waals surface area contributed by atoms with Gasteiger partial charge in [0.25, 0.3) is 0 Å². The third-order valence-corrected chi connectivity index (χ3v) is 2.70. The predicted molar refractivity (Wildman–Crippen MR) is 55.4 cm³/mol. The zero-order chi connectivity index (χ0) is 13.9. The van der Waals surface area contributed by atoms with Crippen molar-refractivity contribution < 1.29 is 27.9 Å². The van der Waals surface area contributed by atoms with E-state index in [0.29, 0.717) is 0 Å². The van der Waals surface area contributed by atoms with Gasteiger partial charge in [0.05, 0.1) is 11.1 Å². The lowest BCUT2D eigenvalue weighted by atomic mass is 10.0. The van der Waals surface area contributed by atoms with Gasteiger partial charge in [-0.05, 0) is 23.9 Å². The molecular formula is C10H4F3NO3S. The molecular weight excluding hydrogens is 271 g/mol. The van der Waals surface area contributed by atoms with E-state index in [2.05, 4.69) is 0 Å². The van der Waals surface area contributed by atoms with Crippen LogP contribution in [-0.2, 0) is 0 Å². The predicted octanol–water partition coefficient (Wildman–Crippen LogP) is 2.68. The number of carbonyl (C=O) groups excluding carboxylic acids is 1. The number of nitrogens with zero attached hydrogens (tertiary/aromatic N) is 1. The zero-order valence-electron chi connectivity index (χ0n) is 8.49. The average molecular weight is 275 g/mol. The average Bonchev–Trinajstić information content (AvgIpc) is 2.25. The summed E-state index contributed by atoms with van der Waals surface area (Å²) >= 11 is -0.573. The lowest BCUT2D eigenvalue weighted by molar-refractivity contribution is -0.0328. The molecule has 0 spiro atoms. The maximum absolute atomic E-state index is 12.2. The summed E-state index contributed by atoms with van der Waals surface area (Å²) in [4.78, 5) is 21.0. The summed E-state index contributed by atoms with van der Waals surface area (Å²) in [5.41, 5.74) is -6.28. The highest BCUT2D eigenvalue weighted by atomic mass is 32.2. The smallest absolute Gasteiger partial charge is 0.446 e. The third kappa shape index (κ3) is 3.01. The van der Waals surface area contributed by atoms with Crippen molar-refractivity contribution in [3.63, 3.8) is 0 Å². The van der Waals surface area contributed by atoms with Gasteiger partial charge in [0.15, 0.2) is 6.29 Å². The largest absolute Gasteiger partial charge is 0.478 e. The van der Waals surface area contributed by atoms with Crippen molar-refractivity contribution in [2.24, 2.45) is 0 Å². The van der Waals surface area contributed by atoms with Gasteiger partial charge in [0.2, 0.25) is 0 Å². The van der Waals surface area contributed by atoms with E-state index in [1.54, 1.807) is 0 Å². The summed E-state index contributed by atoms with van der Waals surface area (Å²) in [5, 5.41) is 17.5. The summed E-state index contributed by atoms with van der Waals surface area (Å²) in [6.45, 7) is 0. The standard InChI is InChI=1S/C10H4F3NO3S/c11-10(12,13)18-8-2-1-5(9(16)17)6(3-14)7(8)4-15/h1-2,4H,(H,16,17). The van der Waals surface area contributed by atoms with Crippen molar-refractivity contribution in [3.05, 3.63) is 28.8 Å². The van der Waals surface area contributed by atoms with Gasteiger partial charge < -0.3 is 5.11 Å². The molecule has 0 heterocycles. The SMILES string of the molecule is N#Cc1c(C(=O)O)ccc(SC(F)(F)F)c1C=O. The molecule has 0 amide bonds. The summed E-state index contributed by atoms with van der Waals surface area (Å²) in [5.74, 6) is -1.49. The Morgan fingerprint density at radius 1 is 1.44 bits per heavy atom. The van der Waals surface area contributed by atoms with E-state index in [4.69, 9.17) is 10.4 Å². The molecule has 0 aromatic heterocycles. The lowest BCUT2D eigenvalue weighted by Crippen LogP contribution is -2.07. The van der Waals surface area contributed by atoms with Gasteiger partial charge in [-0.3, -0.25) is 4.79 Å². The molecule has 0 fully saturated rings. The van der Waals surface area contributed by atoms with Crippen LogP contribution in [0.5, 0.6) is 0 Å². The number of nitriles is 1. The molecule has 0 unspecified atom stereocenters. The summed E-state index contributed by atoms with van der Waals surface area (Å²) in [6, 6.07) is 3.15. The highest BCUT2D eigenvalue weighted by Crippen LogP contribution is 2.39. The number of carboxylic acid groups (broad SMARTS) is 1. The Labute approximate surface area is 103 Å². The van der Waals surface area contributed by atoms with Gasteiger partial charge in [-0.2, -0.15) is 18.4 Å². The highest BCUT2D eigenvalue weighted by molar-refractivity contribution is 8.00. The first kappa shape index (κ1) is 14.1. The Morgan fingerprint density at radius 2 is 2.06 bits per heavy atom. The number of alkyl halides is 3. The Balaban J connectivity index is 3.45. The lowest BCUT2D eigenvalue weighted by Gasteiger charge is -2.10. The number of aromatic carboxylic acids is 1. The molecule has 8 heteroatoms. The maximum Gasteiger partial charge on any atom is 0.446 e. The van der Waals surface area contributed by atoms with Crippen molar-refractivity contribution in [3.8, 4) is 6.07 Å². The topological polar surface area (TPSA) is 78.2 Å². The molecule has 0 aliphatic carbocycles. The minimum Gasteiger partial charge on any atom is -0.478 e. The van der Waals surface area contributed by atoms with Gasteiger partial charge in [0.1, 0.15) is 6.07 Å². The van der Waals surface area contributed by atoms with Crippen LogP contribution in [0.25, 0.3) is 0 Å². The van der Waals surface area contributed by atoms with Crippen molar-refractivity contribution in [1.82, 2.24) is 0 Å². The first-order valence-electron chi connectivity index (χ1n) is 4.31. The van der Waals surface area contributed by atoms with E-state index in [1.165, 1.54) is 6.07 Å². The Kier molecular flexibility index (Phi) is 3.98. The molecule has 1 rings (SSSR count). The molecule has 1 N–H and O–H groups in total. The van der Waals surface area contributed by atoms with Crippen LogP contribution in [0.4, 0.5) is 13.2 Å². The van der Waals surface area contributed by atoms with Crippen LogP contribution >= 0.6 is 11.8 Å².